The number of halogens is 11. The van der Waals surface area contributed by atoms with Gasteiger partial charge in [-0.1, -0.05) is 6.58 Å². The van der Waals surface area contributed by atoms with E-state index in [0.717, 1.165) is 0 Å². The minimum atomic E-state index is -7.30. The van der Waals surface area contributed by atoms with Gasteiger partial charge in [-0.05, 0) is 6.08 Å². The molecular weight excluding hydrogens is 293 g/mol. The maximum absolute atomic E-state index is 12.7. The maximum Gasteiger partial charge on any atom is 0.418 e. The molecule has 0 bridgehead atoms. The van der Waals surface area contributed by atoms with E-state index in [4.69, 9.17) is 0 Å². The van der Waals surface area contributed by atoms with Crippen LogP contribution in [0, 0.1) is 5.41 Å². The molecule has 0 aliphatic heterocycles. The van der Waals surface area contributed by atoms with Gasteiger partial charge in [-0.25, -0.2) is 8.78 Å². The number of hydrogen-bond donors (Lipinski definition) is 0. The Bertz CT molecular complexity index is 278. The monoisotopic (exact) mass is 296 g/mol. The Morgan fingerprint density at radius 2 is 0.778 bits per heavy atom. The Hall–Kier alpha value is -1.03. The van der Waals surface area contributed by atoms with Crippen LogP contribution in [0.4, 0.5) is 48.3 Å². The maximum atomic E-state index is 12.7. The van der Waals surface area contributed by atoms with Crippen LogP contribution in [0.5, 0.6) is 0 Å². The highest BCUT2D eigenvalue weighted by Crippen LogP contribution is 2.66. The third-order valence-corrected chi connectivity index (χ3v) is 2.03. The molecule has 11 heteroatoms. The van der Waals surface area contributed by atoms with Crippen molar-refractivity contribution < 1.29 is 48.3 Å². The molecule has 0 aromatic rings. The van der Waals surface area contributed by atoms with Crippen molar-refractivity contribution in [3.8, 4) is 0 Å². The number of allylic oxidation sites excluding steroid dienone is 1. The van der Waals surface area contributed by atoms with E-state index in [-0.39, 0.29) is 0 Å². The average Bonchev–Trinajstić information content (AvgIpc) is 1.94. The summed E-state index contributed by atoms with van der Waals surface area (Å²) in [4.78, 5) is 0. The van der Waals surface area contributed by atoms with E-state index < -0.39 is 35.9 Å². The van der Waals surface area contributed by atoms with Crippen LogP contribution in [-0.4, -0.2) is 24.5 Å². The number of hydrogen-bond acceptors (Lipinski definition) is 0. The average molecular weight is 296 g/mol. The molecule has 0 radical (unpaired) electrons. The highest BCUT2D eigenvalue weighted by molar-refractivity contribution is 5.14. The second kappa shape index (κ2) is 3.98. The van der Waals surface area contributed by atoms with Gasteiger partial charge in [-0.2, -0.15) is 39.5 Å². The van der Waals surface area contributed by atoms with Crippen molar-refractivity contribution in [1.29, 1.82) is 0 Å². The summed E-state index contributed by atoms with van der Waals surface area (Å²) in [6.45, 7) is 1.89. The van der Waals surface area contributed by atoms with Gasteiger partial charge in [0.15, 0.2) is 0 Å². The van der Waals surface area contributed by atoms with E-state index in [1.165, 1.54) is 0 Å². The van der Waals surface area contributed by atoms with Gasteiger partial charge < -0.3 is 0 Å². The summed E-state index contributed by atoms with van der Waals surface area (Å²) in [5.74, 6) is -6.30. The van der Waals surface area contributed by atoms with Gasteiger partial charge in [0.25, 0.3) is 5.92 Å². The van der Waals surface area contributed by atoms with Crippen LogP contribution in [0.15, 0.2) is 12.7 Å². The molecule has 0 fully saturated rings. The van der Waals surface area contributed by atoms with Crippen LogP contribution < -0.4 is 0 Å². The number of rotatable bonds is 2. The third kappa shape index (κ3) is 2.03. The second-order valence-electron chi connectivity index (χ2n) is 3.07. The van der Waals surface area contributed by atoms with Gasteiger partial charge in [0.2, 0.25) is 0 Å². The lowest BCUT2D eigenvalue weighted by atomic mass is 9.78. The number of alkyl halides is 11. The smallest absolute Gasteiger partial charge is 0.200 e. The van der Waals surface area contributed by atoms with Gasteiger partial charge in [-0.15, -0.1) is 0 Å². The molecule has 0 aliphatic rings. The van der Waals surface area contributed by atoms with Crippen LogP contribution in [0.25, 0.3) is 0 Å². The summed E-state index contributed by atoms with van der Waals surface area (Å²) in [5, 5.41) is 0. The van der Waals surface area contributed by atoms with Crippen molar-refractivity contribution in [2.75, 3.05) is 0 Å². The van der Waals surface area contributed by atoms with Crippen LogP contribution in [-0.2, 0) is 0 Å². The Morgan fingerprint density at radius 1 is 0.556 bits per heavy atom. The zero-order valence-electron chi connectivity index (χ0n) is 7.94. The standard InChI is InChI=1S/C7H3F11/c1-2-3(8,9)4(5(10,11)12,6(13,14)15)7(16,17)18/h2H,1H2. The molecule has 0 saturated heterocycles. The fraction of sp³-hybridized carbons (Fsp3) is 0.714. The molecule has 0 unspecified atom stereocenters. The van der Waals surface area contributed by atoms with Crippen molar-refractivity contribution in [1.82, 2.24) is 0 Å². The van der Waals surface area contributed by atoms with Crippen LogP contribution >= 0.6 is 0 Å². The molecule has 0 amide bonds. The van der Waals surface area contributed by atoms with Gasteiger partial charge in [0.1, 0.15) is 0 Å². The molecule has 0 N–H and O–H groups in total. The van der Waals surface area contributed by atoms with Crippen LogP contribution in [0.2, 0.25) is 0 Å². The zero-order chi connectivity index (χ0) is 15.2. The topological polar surface area (TPSA) is 0 Å². The summed E-state index contributed by atoms with van der Waals surface area (Å²) in [7, 11) is 0. The quantitative estimate of drug-likeness (QED) is 0.520. The largest absolute Gasteiger partial charge is 0.418 e. The summed E-state index contributed by atoms with van der Waals surface area (Å²) in [6, 6.07) is 0. The molecule has 0 saturated carbocycles. The van der Waals surface area contributed by atoms with Crippen molar-refractivity contribution in [3.05, 3.63) is 12.7 Å². The summed E-state index contributed by atoms with van der Waals surface area (Å²) in [6.07, 6.45) is -23.2. The van der Waals surface area contributed by atoms with Crippen molar-refractivity contribution >= 4 is 0 Å². The molecular formula is C7H3F11. The van der Waals surface area contributed by atoms with Crippen molar-refractivity contribution in [2.45, 2.75) is 24.5 Å². The van der Waals surface area contributed by atoms with Gasteiger partial charge in [0.05, 0.1) is 0 Å². The summed E-state index contributed by atoms with van der Waals surface area (Å²) < 4.78 is 134. The highest BCUT2D eigenvalue weighted by atomic mass is 19.4. The molecule has 0 atom stereocenters. The zero-order valence-corrected chi connectivity index (χ0v) is 7.94. The first-order chi connectivity index (χ1) is 7.56. The van der Waals surface area contributed by atoms with E-state index in [9.17, 15) is 48.3 Å². The Kier molecular flexibility index (Phi) is 3.76. The normalized spacial score (nSPS) is 15.7. The summed E-state index contributed by atoms with van der Waals surface area (Å²) in [5.41, 5.74) is -7.19. The predicted octanol–water partition coefficient (Wildman–Crippen LogP) is 4.48. The first-order valence-electron chi connectivity index (χ1n) is 3.78. The van der Waals surface area contributed by atoms with E-state index >= 15 is 0 Å². The van der Waals surface area contributed by atoms with Gasteiger partial charge in [-0.3, -0.25) is 0 Å². The van der Waals surface area contributed by atoms with Crippen LogP contribution in [0.3, 0.4) is 0 Å². The van der Waals surface area contributed by atoms with Crippen LogP contribution in [0.1, 0.15) is 0 Å². The molecule has 0 heterocycles. The van der Waals surface area contributed by atoms with E-state index in [1.54, 1.807) is 0 Å². The van der Waals surface area contributed by atoms with E-state index in [1.807, 2.05) is 6.58 Å². The SMILES string of the molecule is C=CC(F)(F)C(C(F)(F)F)(C(F)(F)F)C(F)(F)F. The minimum Gasteiger partial charge on any atom is -0.200 e. The lowest BCUT2D eigenvalue weighted by molar-refractivity contribution is -0.467. The molecule has 0 spiro atoms. The Morgan fingerprint density at radius 3 is 0.833 bits per heavy atom. The molecule has 0 nitrogen and oxygen atoms in total. The molecule has 0 aromatic carbocycles. The molecule has 18 heavy (non-hydrogen) atoms. The van der Waals surface area contributed by atoms with Gasteiger partial charge in [0, 0.05) is 0 Å². The highest BCUT2D eigenvalue weighted by Gasteiger charge is 2.92. The second-order valence-corrected chi connectivity index (χ2v) is 3.07. The van der Waals surface area contributed by atoms with E-state index in [2.05, 4.69) is 0 Å². The van der Waals surface area contributed by atoms with Crippen molar-refractivity contribution in [2.24, 2.45) is 5.41 Å². The Balaban J connectivity index is 6.57. The van der Waals surface area contributed by atoms with Gasteiger partial charge >= 0.3 is 23.9 Å². The first-order valence-corrected chi connectivity index (χ1v) is 3.78. The predicted molar refractivity (Wildman–Crippen MR) is 35.7 cm³/mol. The third-order valence-electron chi connectivity index (χ3n) is 2.03. The fourth-order valence-electron chi connectivity index (χ4n) is 1.20. The summed E-state index contributed by atoms with van der Waals surface area (Å²) >= 11 is 0. The lowest BCUT2D eigenvalue weighted by Crippen LogP contribution is -2.68. The van der Waals surface area contributed by atoms with E-state index in [0.29, 0.717) is 0 Å². The lowest BCUT2D eigenvalue weighted by Gasteiger charge is -2.41. The Labute approximate surface area is 92.1 Å². The minimum absolute atomic E-state index is 1.33. The first kappa shape index (κ1) is 17.0. The fourth-order valence-corrected chi connectivity index (χ4v) is 1.20. The molecule has 0 aromatic heterocycles. The van der Waals surface area contributed by atoms with Crippen molar-refractivity contribution in [3.63, 3.8) is 0 Å². The molecule has 0 rings (SSSR count). The molecule has 108 valence electrons. The molecule has 0 aliphatic carbocycles.